The van der Waals surface area contributed by atoms with Crippen LogP contribution in [-0.2, 0) is 11.2 Å². The number of nitrogens with one attached hydrogen (secondary N) is 1. The van der Waals surface area contributed by atoms with Crippen molar-refractivity contribution < 1.29 is 14.3 Å². The molecule has 2 aromatic rings. The molecule has 5 heteroatoms. The largest absolute Gasteiger partial charge is 0.493 e. The number of rotatable bonds is 8. The van der Waals surface area contributed by atoms with E-state index in [1.54, 1.807) is 26.4 Å². The van der Waals surface area contributed by atoms with E-state index in [-0.39, 0.29) is 5.91 Å². The van der Waals surface area contributed by atoms with Crippen LogP contribution in [0.25, 0.3) is 6.08 Å². The van der Waals surface area contributed by atoms with Crippen LogP contribution in [0.3, 0.4) is 0 Å². The van der Waals surface area contributed by atoms with Crippen molar-refractivity contribution in [3.05, 3.63) is 64.7 Å². The SMILES string of the molecule is COc1ccc(/C=C/C(=O)NCCCc2ccccc2Cl)cc1OC. The van der Waals surface area contributed by atoms with E-state index in [0.717, 1.165) is 29.0 Å². The van der Waals surface area contributed by atoms with E-state index in [0.29, 0.717) is 18.0 Å². The van der Waals surface area contributed by atoms with Gasteiger partial charge < -0.3 is 14.8 Å². The normalized spacial score (nSPS) is 10.7. The van der Waals surface area contributed by atoms with Gasteiger partial charge in [0.1, 0.15) is 0 Å². The van der Waals surface area contributed by atoms with Gasteiger partial charge in [0.25, 0.3) is 0 Å². The van der Waals surface area contributed by atoms with Crippen LogP contribution in [0.4, 0.5) is 0 Å². The second-order valence-electron chi connectivity index (χ2n) is 5.43. The molecular weight excluding hydrogens is 338 g/mol. The highest BCUT2D eigenvalue weighted by atomic mass is 35.5. The minimum Gasteiger partial charge on any atom is -0.493 e. The molecule has 25 heavy (non-hydrogen) atoms. The van der Waals surface area contributed by atoms with Crippen molar-refractivity contribution in [1.82, 2.24) is 5.32 Å². The molecule has 0 radical (unpaired) electrons. The van der Waals surface area contributed by atoms with Crippen LogP contribution in [0, 0.1) is 0 Å². The van der Waals surface area contributed by atoms with Gasteiger partial charge in [0.2, 0.25) is 5.91 Å². The van der Waals surface area contributed by atoms with Gasteiger partial charge in [-0.15, -0.1) is 0 Å². The van der Waals surface area contributed by atoms with Gasteiger partial charge in [-0.05, 0) is 48.2 Å². The van der Waals surface area contributed by atoms with Gasteiger partial charge in [-0.25, -0.2) is 0 Å². The molecule has 0 aliphatic heterocycles. The topological polar surface area (TPSA) is 47.6 Å². The van der Waals surface area contributed by atoms with Crippen LogP contribution >= 0.6 is 11.6 Å². The molecule has 0 unspecified atom stereocenters. The van der Waals surface area contributed by atoms with Crippen molar-refractivity contribution in [3.63, 3.8) is 0 Å². The summed E-state index contributed by atoms with van der Waals surface area (Å²) in [6.07, 6.45) is 4.92. The first kappa shape index (κ1) is 18.9. The molecule has 0 fully saturated rings. The number of benzene rings is 2. The van der Waals surface area contributed by atoms with Crippen molar-refractivity contribution in [2.75, 3.05) is 20.8 Å². The maximum absolute atomic E-state index is 11.9. The molecule has 0 spiro atoms. The zero-order chi connectivity index (χ0) is 18.1. The smallest absolute Gasteiger partial charge is 0.243 e. The quantitative estimate of drug-likeness (QED) is 0.569. The van der Waals surface area contributed by atoms with Crippen LogP contribution in [0.15, 0.2) is 48.5 Å². The van der Waals surface area contributed by atoms with E-state index in [4.69, 9.17) is 21.1 Å². The predicted molar refractivity (Wildman–Crippen MR) is 101 cm³/mol. The third-order valence-electron chi connectivity index (χ3n) is 3.71. The molecule has 0 aromatic heterocycles. The van der Waals surface area contributed by atoms with Gasteiger partial charge in [0.05, 0.1) is 14.2 Å². The Kier molecular flexibility index (Phi) is 7.36. The first-order valence-corrected chi connectivity index (χ1v) is 8.43. The summed E-state index contributed by atoms with van der Waals surface area (Å²) in [5.74, 6) is 1.16. The van der Waals surface area contributed by atoms with E-state index in [1.807, 2.05) is 36.4 Å². The summed E-state index contributed by atoms with van der Waals surface area (Å²) in [5.41, 5.74) is 1.96. The maximum Gasteiger partial charge on any atom is 0.243 e. The average molecular weight is 360 g/mol. The Bertz CT molecular complexity index is 743. The van der Waals surface area contributed by atoms with Gasteiger partial charge in [-0.1, -0.05) is 35.9 Å². The molecule has 0 bridgehead atoms. The number of halogens is 1. The summed E-state index contributed by atoms with van der Waals surface area (Å²) in [5, 5.41) is 3.63. The number of carbonyl (C=O) groups is 1. The Labute approximate surface area is 153 Å². The van der Waals surface area contributed by atoms with Gasteiger partial charge in [-0.3, -0.25) is 4.79 Å². The zero-order valence-electron chi connectivity index (χ0n) is 14.4. The Balaban J connectivity index is 1.80. The van der Waals surface area contributed by atoms with E-state index in [9.17, 15) is 4.79 Å². The van der Waals surface area contributed by atoms with Crippen molar-refractivity contribution in [3.8, 4) is 11.5 Å². The van der Waals surface area contributed by atoms with Gasteiger partial charge in [0.15, 0.2) is 11.5 Å². The second kappa shape index (κ2) is 9.74. The van der Waals surface area contributed by atoms with E-state index in [2.05, 4.69) is 5.32 Å². The zero-order valence-corrected chi connectivity index (χ0v) is 15.2. The maximum atomic E-state index is 11.9. The van der Waals surface area contributed by atoms with Crippen molar-refractivity contribution in [2.24, 2.45) is 0 Å². The molecule has 4 nitrogen and oxygen atoms in total. The summed E-state index contributed by atoms with van der Waals surface area (Å²) in [6.45, 7) is 0.598. The lowest BCUT2D eigenvalue weighted by Gasteiger charge is -2.07. The second-order valence-corrected chi connectivity index (χ2v) is 5.84. The number of carbonyl (C=O) groups excluding carboxylic acids is 1. The van der Waals surface area contributed by atoms with Crippen LogP contribution < -0.4 is 14.8 Å². The average Bonchev–Trinajstić information content (AvgIpc) is 2.64. The van der Waals surface area contributed by atoms with Crippen molar-refractivity contribution in [2.45, 2.75) is 12.8 Å². The fraction of sp³-hybridized carbons (Fsp3) is 0.250. The number of hydrogen-bond donors (Lipinski definition) is 1. The van der Waals surface area contributed by atoms with Crippen molar-refractivity contribution >= 4 is 23.6 Å². The summed E-state index contributed by atoms with van der Waals surface area (Å²) in [6, 6.07) is 13.2. The molecule has 132 valence electrons. The molecule has 2 rings (SSSR count). The highest BCUT2D eigenvalue weighted by molar-refractivity contribution is 6.31. The van der Waals surface area contributed by atoms with Crippen LogP contribution in [0.5, 0.6) is 11.5 Å². The minimum atomic E-state index is -0.131. The van der Waals surface area contributed by atoms with E-state index in [1.165, 1.54) is 6.08 Å². The molecule has 0 atom stereocenters. The first-order valence-electron chi connectivity index (χ1n) is 8.05. The van der Waals surface area contributed by atoms with Gasteiger partial charge in [0, 0.05) is 17.6 Å². The van der Waals surface area contributed by atoms with Gasteiger partial charge in [-0.2, -0.15) is 0 Å². The predicted octanol–water partition coefficient (Wildman–Crippen LogP) is 4.12. The Morgan fingerprint density at radius 2 is 1.88 bits per heavy atom. The summed E-state index contributed by atoms with van der Waals surface area (Å²) < 4.78 is 10.4. The fourth-order valence-corrected chi connectivity index (χ4v) is 2.61. The molecule has 1 amide bonds. The van der Waals surface area contributed by atoms with Crippen LogP contribution in [-0.4, -0.2) is 26.7 Å². The first-order chi connectivity index (χ1) is 12.1. The molecule has 0 aliphatic carbocycles. The molecular formula is C20H22ClNO3. The number of ether oxygens (including phenoxy) is 2. The Morgan fingerprint density at radius 1 is 1.12 bits per heavy atom. The van der Waals surface area contributed by atoms with E-state index >= 15 is 0 Å². The molecule has 0 saturated heterocycles. The molecule has 2 aromatic carbocycles. The van der Waals surface area contributed by atoms with Crippen LogP contribution in [0.2, 0.25) is 5.02 Å². The lowest BCUT2D eigenvalue weighted by Crippen LogP contribution is -2.22. The number of methoxy groups -OCH3 is 2. The Hall–Kier alpha value is -2.46. The summed E-state index contributed by atoms with van der Waals surface area (Å²) >= 11 is 6.11. The minimum absolute atomic E-state index is 0.131. The highest BCUT2D eigenvalue weighted by Gasteiger charge is 2.03. The number of hydrogen-bond acceptors (Lipinski definition) is 3. The van der Waals surface area contributed by atoms with Gasteiger partial charge >= 0.3 is 0 Å². The monoisotopic (exact) mass is 359 g/mol. The van der Waals surface area contributed by atoms with Crippen molar-refractivity contribution in [1.29, 1.82) is 0 Å². The number of amides is 1. The standard InChI is InChI=1S/C20H22ClNO3/c1-24-18-11-9-15(14-19(18)25-2)10-12-20(23)22-13-5-7-16-6-3-4-8-17(16)21/h3-4,6,8-12,14H,5,7,13H2,1-2H3,(H,22,23)/b12-10+. The fourth-order valence-electron chi connectivity index (χ4n) is 2.38. The lowest BCUT2D eigenvalue weighted by atomic mass is 10.1. The molecule has 1 N–H and O–H groups in total. The third kappa shape index (κ3) is 5.84. The molecule has 0 saturated carbocycles. The lowest BCUT2D eigenvalue weighted by molar-refractivity contribution is -0.116. The molecule has 0 heterocycles. The number of aryl methyl sites for hydroxylation is 1. The third-order valence-corrected chi connectivity index (χ3v) is 4.08. The molecule has 0 aliphatic rings. The summed E-state index contributed by atoms with van der Waals surface area (Å²) in [7, 11) is 3.17. The van der Waals surface area contributed by atoms with E-state index < -0.39 is 0 Å². The summed E-state index contributed by atoms with van der Waals surface area (Å²) in [4.78, 5) is 11.9. The Morgan fingerprint density at radius 3 is 2.60 bits per heavy atom. The highest BCUT2D eigenvalue weighted by Crippen LogP contribution is 2.27. The van der Waals surface area contributed by atoms with Crippen LogP contribution in [0.1, 0.15) is 17.5 Å².